The highest BCUT2D eigenvalue weighted by atomic mass is 79.9. The number of nitrogens with two attached hydrogens (primary N) is 1. The van der Waals surface area contributed by atoms with Gasteiger partial charge < -0.3 is 5.73 Å². The lowest BCUT2D eigenvalue weighted by atomic mass is 9.98. The van der Waals surface area contributed by atoms with E-state index >= 15 is 0 Å². The molecule has 0 aromatic heterocycles. The summed E-state index contributed by atoms with van der Waals surface area (Å²) < 4.78 is 26.9. The second-order valence-electron chi connectivity index (χ2n) is 4.37. The Morgan fingerprint density at radius 1 is 1.19 bits per heavy atom. The van der Waals surface area contributed by atoms with Crippen molar-refractivity contribution in [2.45, 2.75) is 32.7 Å². The molecular formula is C12H16BrF2N. The van der Waals surface area contributed by atoms with E-state index in [1.165, 1.54) is 6.07 Å². The Morgan fingerprint density at radius 3 is 2.38 bits per heavy atom. The van der Waals surface area contributed by atoms with Crippen LogP contribution >= 0.6 is 15.9 Å². The van der Waals surface area contributed by atoms with Crippen LogP contribution in [-0.2, 0) is 0 Å². The Labute approximate surface area is 103 Å². The van der Waals surface area contributed by atoms with Gasteiger partial charge in [0, 0.05) is 11.6 Å². The Hall–Kier alpha value is -0.480. The molecule has 1 atom stereocenters. The zero-order valence-electron chi connectivity index (χ0n) is 9.43. The molecule has 0 radical (unpaired) electrons. The molecule has 0 saturated heterocycles. The second kappa shape index (κ2) is 5.73. The molecule has 0 bridgehead atoms. The first-order valence-electron chi connectivity index (χ1n) is 5.31. The molecule has 0 fully saturated rings. The van der Waals surface area contributed by atoms with Crippen molar-refractivity contribution in [3.8, 4) is 0 Å². The average molecular weight is 292 g/mol. The van der Waals surface area contributed by atoms with Crippen molar-refractivity contribution in [1.29, 1.82) is 0 Å². The summed E-state index contributed by atoms with van der Waals surface area (Å²) >= 11 is 2.94. The van der Waals surface area contributed by atoms with Gasteiger partial charge in [-0.2, -0.15) is 0 Å². The lowest BCUT2D eigenvalue weighted by Crippen LogP contribution is -2.13. The minimum Gasteiger partial charge on any atom is -0.324 e. The highest BCUT2D eigenvalue weighted by molar-refractivity contribution is 9.10. The van der Waals surface area contributed by atoms with Crippen LogP contribution in [0.5, 0.6) is 0 Å². The van der Waals surface area contributed by atoms with Gasteiger partial charge in [0.2, 0.25) is 0 Å². The molecule has 0 aliphatic heterocycles. The molecule has 90 valence electrons. The first-order valence-corrected chi connectivity index (χ1v) is 6.11. The van der Waals surface area contributed by atoms with Gasteiger partial charge in [0.15, 0.2) is 0 Å². The molecule has 1 aromatic rings. The number of halogens is 3. The van der Waals surface area contributed by atoms with Crippen LogP contribution in [0.3, 0.4) is 0 Å². The van der Waals surface area contributed by atoms with Crippen LogP contribution in [0.2, 0.25) is 0 Å². The third-order valence-electron chi connectivity index (χ3n) is 2.49. The molecule has 0 aliphatic carbocycles. The molecular weight excluding hydrogens is 276 g/mol. The fraction of sp³-hybridized carbons (Fsp3) is 0.500. The van der Waals surface area contributed by atoms with Gasteiger partial charge in [-0.25, -0.2) is 8.78 Å². The molecule has 0 amide bonds. The molecule has 16 heavy (non-hydrogen) atoms. The predicted octanol–water partition coefficient (Wildman–Crippen LogP) is 4.16. The quantitative estimate of drug-likeness (QED) is 0.828. The fourth-order valence-electron chi connectivity index (χ4n) is 1.49. The lowest BCUT2D eigenvalue weighted by Gasteiger charge is -2.14. The van der Waals surface area contributed by atoms with Gasteiger partial charge in [-0.3, -0.25) is 0 Å². The van der Waals surface area contributed by atoms with Crippen molar-refractivity contribution in [2.24, 2.45) is 11.7 Å². The van der Waals surface area contributed by atoms with E-state index in [2.05, 4.69) is 29.8 Å². The standard InChI is InChI=1S/C12H16BrF2N/c1-7(2)3-4-12(16)8-5-11(15)9(13)6-10(8)14/h5-7,12H,3-4,16H2,1-2H3. The van der Waals surface area contributed by atoms with Gasteiger partial charge in [-0.1, -0.05) is 13.8 Å². The molecule has 1 nitrogen and oxygen atoms in total. The zero-order chi connectivity index (χ0) is 12.3. The van der Waals surface area contributed by atoms with Gasteiger partial charge >= 0.3 is 0 Å². The number of rotatable bonds is 4. The maximum atomic E-state index is 13.5. The Kier molecular flexibility index (Phi) is 4.87. The molecule has 1 aromatic carbocycles. The summed E-state index contributed by atoms with van der Waals surface area (Å²) in [5, 5.41) is 0. The predicted molar refractivity (Wildman–Crippen MR) is 65.1 cm³/mol. The average Bonchev–Trinajstić information content (AvgIpc) is 2.20. The lowest BCUT2D eigenvalue weighted by molar-refractivity contribution is 0.486. The molecule has 0 heterocycles. The van der Waals surface area contributed by atoms with Crippen LogP contribution in [0.25, 0.3) is 0 Å². The van der Waals surface area contributed by atoms with Crippen LogP contribution in [0.15, 0.2) is 16.6 Å². The normalized spacial score (nSPS) is 13.2. The summed E-state index contributed by atoms with van der Waals surface area (Å²) in [5.41, 5.74) is 6.09. The minimum atomic E-state index is -0.476. The van der Waals surface area contributed by atoms with E-state index in [-0.39, 0.29) is 10.0 Å². The highest BCUT2D eigenvalue weighted by Gasteiger charge is 2.15. The SMILES string of the molecule is CC(C)CCC(N)c1cc(F)c(Br)cc1F. The number of benzene rings is 1. The Balaban J connectivity index is 2.82. The Morgan fingerprint density at radius 2 is 1.81 bits per heavy atom. The molecule has 4 heteroatoms. The summed E-state index contributed by atoms with van der Waals surface area (Å²) in [5.74, 6) is -0.421. The molecule has 0 aliphatic rings. The van der Waals surface area contributed by atoms with Gasteiger partial charge in [0.1, 0.15) is 11.6 Å². The smallest absolute Gasteiger partial charge is 0.137 e. The zero-order valence-corrected chi connectivity index (χ0v) is 11.0. The van der Waals surface area contributed by atoms with E-state index in [4.69, 9.17) is 5.73 Å². The molecule has 0 spiro atoms. The first-order chi connectivity index (χ1) is 7.41. The summed E-state index contributed by atoms with van der Waals surface area (Å²) in [7, 11) is 0. The molecule has 1 unspecified atom stereocenters. The van der Waals surface area contributed by atoms with Crippen LogP contribution in [0, 0.1) is 17.6 Å². The summed E-state index contributed by atoms with van der Waals surface area (Å²) in [4.78, 5) is 0. The van der Waals surface area contributed by atoms with E-state index in [1.807, 2.05) is 0 Å². The van der Waals surface area contributed by atoms with E-state index in [9.17, 15) is 8.78 Å². The summed E-state index contributed by atoms with van der Waals surface area (Å²) in [6.45, 7) is 4.15. The van der Waals surface area contributed by atoms with Crippen LogP contribution in [-0.4, -0.2) is 0 Å². The van der Waals surface area contributed by atoms with E-state index in [0.717, 1.165) is 12.5 Å². The van der Waals surface area contributed by atoms with Crippen molar-refractivity contribution < 1.29 is 8.78 Å². The first kappa shape index (κ1) is 13.6. The van der Waals surface area contributed by atoms with Crippen LogP contribution in [0.1, 0.15) is 38.3 Å². The number of hydrogen-bond donors (Lipinski definition) is 1. The maximum absolute atomic E-state index is 13.5. The van der Waals surface area contributed by atoms with Crippen molar-refractivity contribution in [3.63, 3.8) is 0 Å². The van der Waals surface area contributed by atoms with E-state index < -0.39 is 17.7 Å². The topological polar surface area (TPSA) is 26.0 Å². The van der Waals surface area contributed by atoms with Crippen molar-refractivity contribution in [1.82, 2.24) is 0 Å². The molecule has 2 N–H and O–H groups in total. The molecule has 0 saturated carbocycles. The number of hydrogen-bond acceptors (Lipinski definition) is 1. The molecule has 1 rings (SSSR count). The van der Waals surface area contributed by atoms with E-state index in [1.54, 1.807) is 0 Å². The monoisotopic (exact) mass is 291 g/mol. The van der Waals surface area contributed by atoms with Crippen molar-refractivity contribution in [2.75, 3.05) is 0 Å². The van der Waals surface area contributed by atoms with Crippen molar-refractivity contribution in [3.05, 3.63) is 33.8 Å². The third-order valence-corrected chi connectivity index (χ3v) is 3.10. The largest absolute Gasteiger partial charge is 0.324 e. The fourth-order valence-corrected chi connectivity index (χ4v) is 1.81. The Bertz CT molecular complexity index is 366. The summed E-state index contributed by atoms with van der Waals surface area (Å²) in [6.07, 6.45) is 1.56. The van der Waals surface area contributed by atoms with Crippen molar-refractivity contribution >= 4 is 15.9 Å². The van der Waals surface area contributed by atoms with Gasteiger partial charge in [-0.05, 0) is 46.8 Å². The second-order valence-corrected chi connectivity index (χ2v) is 5.22. The minimum absolute atomic E-state index is 0.129. The van der Waals surface area contributed by atoms with Crippen LogP contribution < -0.4 is 5.73 Å². The summed E-state index contributed by atoms with van der Waals surface area (Å²) in [6, 6.07) is 1.86. The maximum Gasteiger partial charge on any atom is 0.137 e. The third kappa shape index (κ3) is 3.52. The van der Waals surface area contributed by atoms with E-state index in [0.29, 0.717) is 12.3 Å². The van der Waals surface area contributed by atoms with Crippen LogP contribution in [0.4, 0.5) is 8.78 Å². The van der Waals surface area contributed by atoms with Gasteiger partial charge in [-0.15, -0.1) is 0 Å². The highest BCUT2D eigenvalue weighted by Crippen LogP contribution is 2.26. The van der Waals surface area contributed by atoms with Gasteiger partial charge in [0.25, 0.3) is 0 Å². The van der Waals surface area contributed by atoms with Gasteiger partial charge in [0.05, 0.1) is 4.47 Å².